The number of benzene rings is 2. The Morgan fingerprint density at radius 1 is 1.09 bits per heavy atom. The molecule has 2 aromatic rings. The minimum atomic E-state index is -1.64. The van der Waals surface area contributed by atoms with E-state index in [0.717, 1.165) is 51.8 Å². The lowest BCUT2D eigenvalue weighted by Crippen LogP contribution is -2.49. The maximum absolute atomic E-state index is 10.3. The van der Waals surface area contributed by atoms with Gasteiger partial charge in [0.25, 0.3) is 0 Å². The summed E-state index contributed by atoms with van der Waals surface area (Å²) in [5.41, 5.74) is 3.53. The molecule has 2 aliphatic rings. The third-order valence-corrected chi connectivity index (χ3v) is 8.78. The monoisotopic (exact) mass is 528 g/mol. The van der Waals surface area contributed by atoms with Crippen molar-refractivity contribution in [3.05, 3.63) is 74.8 Å². The summed E-state index contributed by atoms with van der Waals surface area (Å²) in [6.45, 7) is 4.12. The van der Waals surface area contributed by atoms with E-state index in [9.17, 15) is 15.8 Å². The lowest BCUT2D eigenvalue weighted by Gasteiger charge is -2.46. The predicted molar refractivity (Wildman–Crippen MR) is 138 cm³/mol. The molecule has 6 heteroatoms. The predicted octanol–water partition coefficient (Wildman–Crippen LogP) is 7.38. The molecule has 0 radical (unpaired) electrons. The van der Waals surface area contributed by atoms with Gasteiger partial charge in [-0.15, -0.1) is 11.8 Å². The normalized spacial score (nSPS) is 23.1. The smallest absolute Gasteiger partial charge is 0.189 e. The van der Waals surface area contributed by atoms with Gasteiger partial charge >= 0.3 is 0 Å². The molecule has 0 aliphatic heterocycles. The molecule has 0 spiro atoms. The van der Waals surface area contributed by atoms with E-state index in [1.807, 2.05) is 19.1 Å². The number of fused-ring (bicyclic) bond motifs is 1. The van der Waals surface area contributed by atoms with Crippen LogP contribution in [-0.2, 0) is 5.75 Å². The first-order chi connectivity index (χ1) is 16.4. The number of hydrogen-bond donors (Lipinski definition) is 1. The SMILES string of the molecule is Cc1cc(C)c([C@H]2[C@H]3CCCC=C3[C@H](C#N)C(=N)C2(C#N)C#N)cc1CSc1ccc(Br)cc1. The fourth-order valence-corrected chi connectivity index (χ4v) is 6.68. The number of nitrogens with zero attached hydrogens (tertiary/aromatic N) is 3. The molecule has 1 fully saturated rings. The minimum Gasteiger partial charge on any atom is -0.305 e. The zero-order valence-electron chi connectivity index (χ0n) is 19.2. The van der Waals surface area contributed by atoms with Crippen molar-refractivity contribution in [3.8, 4) is 18.2 Å². The van der Waals surface area contributed by atoms with Crippen molar-refractivity contribution in [1.82, 2.24) is 0 Å². The molecule has 34 heavy (non-hydrogen) atoms. The molecule has 0 heterocycles. The number of nitriles is 3. The molecular weight excluding hydrogens is 504 g/mol. The van der Waals surface area contributed by atoms with E-state index in [1.165, 1.54) is 10.5 Å². The number of hydrogen-bond acceptors (Lipinski definition) is 5. The third kappa shape index (κ3) is 4.09. The number of nitrogens with one attached hydrogen (secondary N) is 1. The molecule has 4 nitrogen and oxygen atoms in total. The molecule has 3 atom stereocenters. The summed E-state index contributed by atoms with van der Waals surface area (Å²) in [5, 5.41) is 39.2. The Kier molecular flexibility index (Phi) is 6.99. The zero-order valence-corrected chi connectivity index (χ0v) is 21.6. The zero-order chi connectivity index (χ0) is 24.5. The van der Waals surface area contributed by atoms with Crippen LogP contribution in [0.2, 0.25) is 0 Å². The van der Waals surface area contributed by atoms with Crippen molar-refractivity contribution in [2.24, 2.45) is 17.3 Å². The summed E-state index contributed by atoms with van der Waals surface area (Å²) >= 11 is 5.23. The fourth-order valence-electron chi connectivity index (χ4n) is 5.45. The van der Waals surface area contributed by atoms with Crippen LogP contribution >= 0.6 is 27.7 Å². The van der Waals surface area contributed by atoms with Crippen LogP contribution in [0, 0.1) is 70.5 Å². The Morgan fingerprint density at radius 2 is 1.79 bits per heavy atom. The van der Waals surface area contributed by atoms with Gasteiger partial charge in [-0.3, -0.25) is 0 Å². The van der Waals surface area contributed by atoms with Gasteiger partial charge in [0.2, 0.25) is 0 Å². The van der Waals surface area contributed by atoms with E-state index >= 15 is 0 Å². The highest BCUT2D eigenvalue weighted by Crippen LogP contribution is 2.56. The topological polar surface area (TPSA) is 95.2 Å². The highest BCUT2D eigenvalue weighted by atomic mass is 79.9. The highest BCUT2D eigenvalue weighted by molar-refractivity contribution is 9.10. The average Bonchev–Trinajstić information content (AvgIpc) is 2.84. The van der Waals surface area contributed by atoms with Gasteiger partial charge in [0.1, 0.15) is 5.92 Å². The highest BCUT2D eigenvalue weighted by Gasteiger charge is 2.57. The molecule has 0 aromatic heterocycles. The lowest BCUT2D eigenvalue weighted by molar-refractivity contribution is 0.319. The van der Waals surface area contributed by atoms with Crippen molar-refractivity contribution in [1.29, 1.82) is 21.2 Å². The fraction of sp³-hybridized carbons (Fsp3) is 0.357. The first-order valence-corrected chi connectivity index (χ1v) is 13.1. The van der Waals surface area contributed by atoms with E-state index in [0.29, 0.717) is 0 Å². The van der Waals surface area contributed by atoms with Gasteiger partial charge in [-0.25, -0.2) is 0 Å². The van der Waals surface area contributed by atoms with Crippen molar-refractivity contribution in [2.45, 2.75) is 49.7 Å². The van der Waals surface area contributed by atoms with Gasteiger partial charge in [-0.2, -0.15) is 15.8 Å². The van der Waals surface area contributed by atoms with Crippen LogP contribution in [0.25, 0.3) is 0 Å². The first kappa shape index (κ1) is 24.3. The van der Waals surface area contributed by atoms with Gasteiger partial charge in [-0.1, -0.05) is 34.1 Å². The van der Waals surface area contributed by atoms with Gasteiger partial charge in [-0.05, 0) is 91.1 Å². The molecule has 4 rings (SSSR count). The average molecular weight is 530 g/mol. The summed E-state index contributed by atoms with van der Waals surface area (Å²) in [7, 11) is 0. The Balaban J connectivity index is 1.81. The van der Waals surface area contributed by atoms with Crippen LogP contribution in [0.5, 0.6) is 0 Å². The molecule has 0 amide bonds. The minimum absolute atomic E-state index is 0.0693. The summed E-state index contributed by atoms with van der Waals surface area (Å²) in [4.78, 5) is 1.17. The van der Waals surface area contributed by atoms with Crippen LogP contribution in [0.3, 0.4) is 0 Å². The van der Waals surface area contributed by atoms with E-state index in [1.54, 1.807) is 11.8 Å². The molecule has 1 saturated carbocycles. The van der Waals surface area contributed by atoms with Crippen LogP contribution in [0.4, 0.5) is 0 Å². The number of halogens is 1. The molecule has 0 saturated heterocycles. The largest absolute Gasteiger partial charge is 0.305 e. The van der Waals surface area contributed by atoms with Crippen molar-refractivity contribution >= 4 is 33.4 Å². The van der Waals surface area contributed by atoms with Crippen LogP contribution in [0.15, 0.2) is 57.4 Å². The maximum atomic E-state index is 10.3. The second kappa shape index (κ2) is 9.79. The maximum Gasteiger partial charge on any atom is 0.189 e. The number of rotatable bonds is 4. The van der Waals surface area contributed by atoms with E-state index in [2.05, 4.69) is 71.4 Å². The quantitative estimate of drug-likeness (QED) is 0.330. The van der Waals surface area contributed by atoms with Crippen molar-refractivity contribution in [3.63, 3.8) is 0 Å². The molecular formula is C28H25BrN4S. The molecule has 2 aliphatic carbocycles. The summed E-state index contributed by atoms with van der Waals surface area (Å²) < 4.78 is 1.04. The number of aryl methyl sites for hydroxylation is 2. The van der Waals surface area contributed by atoms with Crippen LogP contribution in [-0.4, -0.2) is 5.71 Å². The van der Waals surface area contributed by atoms with Crippen molar-refractivity contribution < 1.29 is 0 Å². The van der Waals surface area contributed by atoms with E-state index in [-0.39, 0.29) is 11.6 Å². The summed E-state index contributed by atoms with van der Waals surface area (Å²) in [6.07, 6.45) is 4.73. The second-order valence-electron chi connectivity index (χ2n) is 9.10. The Labute approximate surface area is 213 Å². The van der Waals surface area contributed by atoms with Gasteiger partial charge in [0, 0.05) is 21.0 Å². The van der Waals surface area contributed by atoms with Gasteiger partial charge in [0.15, 0.2) is 5.41 Å². The molecule has 170 valence electrons. The third-order valence-electron chi connectivity index (χ3n) is 7.19. The van der Waals surface area contributed by atoms with Gasteiger partial charge < -0.3 is 5.41 Å². The van der Waals surface area contributed by atoms with Crippen LogP contribution < -0.4 is 0 Å². The molecule has 1 N–H and O–H groups in total. The first-order valence-electron chi connectivity index (χ1n) is 11.4. The summed E-state index contributed by atoms with van der Waals surface area (Å²) in [5.74, 6) is -0.562. The summed E-state index contributed by atoms with van der Waals surface area (Å²) in [6, 6.07) is 19.2. The van der Waals surface area contributed by atoms with Gasteiger partial charge in [0.05, 0.1) is 23.9 Å². The van der Waals surface area contributed by atoms with Crippen molar-refractivity contribution in [2.75, 3.05) is 0 Å². The molecule has 2 aromatic carbocycles. The number of allylic oxidation sites excluding steroid dienone is 2. The molecule has 0 bridgehead atoms. The number of thioether (sulfide) groups is 1. The van der Waals surface area contributed by atoms with E-state index in [4.69, 9.17) is 5.41 Å². The Bertz CT molecular complexity index is 1280. The Morgan fingerprint density at radius 3 is 2.44 bits per heavy atom. The molecule has 0 unspecified atom stereocenters. The second-order valence-corrected chi connectivity index (χ2v) is 11.1. The standard InChI is InChI=1S/C28H25BrN4S/c1-17-11-18(2)24(12-19(17)14-34-21-9-7-20(29)8-10-21)26-23-6-4-3-5-22(23)25(13-30)27(33)28(26,15-31)16-32/h5,7-12,23,25-26,33H,3-4,6,14H2,1-2H3/t23-,25-,26+/m0/s1. The Hall–Kier alpha value is -2.85. The van der Waals surface area contributed by atoms with E-state index < -0.39 is 17.3 Å². The van der Waals surface area contributed by atoms with Crippen LogP contribution in [0.1, 0.15) is 47.4 Å². The lowest BCUT2D eigenvalue weighted by atomic mass is 9.52.